The topological polar surface area (TPSA) is 29.5 Å². The summed E-state index contributed by atoms with van der Waals surface area (Å²) >= 11 is 0. The van der Waals surface area contributed by atoms with E-state index >= 15 is 0 Å². The number of aryl methyl sites for hydroxylation is 1. The van der Waals surface area contributed by atoms with Gasteiger partial charge in [-0.1, -0.05) is 36.4 Å². The first-order valence-electron chi connectivity index (χ1n) is 6.78. The summed E-state index contributed by atoms with van der Waals surface area (Å²) in [6.45, 7) is 4.39. The van der Waals surface area contributed by atoms with Crippen LogP contribution in [0.5, 0.6) is 5.75 Å². The van der Waals surface area contributed by atoms with Crippen molar-refractivity contribution in [3.63, 3.8) is 0 Å². The molecule has 0 N–H and O–H groups in total. The fourth-order valence-corrected chi connectivity index (χ4v) is 2.45. The fourth-order valence-electron chi connectivity index (χ4n) is 2.45. The Balaban J connectivity index is 2.00. The van der Waals surface area contributed by atoms with Crippen LogP contribution in [0.4, 0.5) is 5.69 Å². The second-order valence-electron chi connectivity index (χ2n) is 5.14. The van der Waals surface area contributed by atoms with Crippen LogP contribution in [-0.4, -0.2) is 12.0 Å². The Morgan fingerprint density at radius 2 is 1.90 bits per heavy atom. The van der Waals surface area contributed by atoms with Crippen molar-refractivity contribution >= 4 is 11.6 Å². The number of amides is 1. The number of nitrogens with zero attached hydrogens (tertiary/aromatic N) is 1. The predicted molar refractivity (Wildman–Crippen MR) is 78.9 cm³/mol. The number of rotatable bonds is 2. The fraction of sp³-hybridized carbons (Fsp3) is 0.235. The maximum absolute atomic E-state index is 12.4. The van der Waals surface area contributed by atoms with Gasteiger partial charge in [-0.25, -0.2) is 0 Å². The summed E-state index contributed by atoms with van der Waals surface area (Å²) in [5.41, 5.74) is 3.09. The first-order chi connectivity index (χ1) is 9.65. The highest BCUT2D eigenvalue weighted by Crippen LogP contribution is 2.35. The summed E-state index contributed by atoms with van der Waals surface area (Å²) in [5, 5.41) is 0. The molecule has 2 aromatic carbocycles. The van der Waals surface area contributed by atoms with Gasteiger partial charge in [-0.2, -0.15) is 0 Å². The molecule has 3 nitrogen and oxygen atoms in total. The largest absolute Gasteiger partial charge is 0.479 e. The van der Waals surface area contributed by atoms with Crippen molar-refractivity contribution in [1.82, 2.24) is 0 Å². The first-order valence-corrected chi connectivity index (χ1v) is 6.78. The Labute approximate surface area is 118 Å². The molecule has 1 atom stereocenters. The summed E-state index contributed by atoms with van der Waals surface area (Å²) < 4.78 is 5.68. The molecule has 3 rings (SSSR count). The molecule has 0 aliphatic carbocycles. The molecule has 0 fully saturated rings. The Kier molecular flexibility index (Phi) is 3.18. The molecule has 20 heavy (non-hydrogen) atoms. The van der Waals surface area contributed by atoms with Crippen LogP contribution in [0.15, 0.2) is 48.5 Å². The number of hydrogen-bond acceptors (Lipinski definition) is 2. The number of anilines is 1. The van der Waals surface area contributed by atoms with E-state index in [0.717, 1.165) is 22.6 Å². The lowest BCUT2D eigenvalue weighted by molar-refractivity contribution is -0.125. The van der Waals surface area contributed by atoms with E-state index < -0.39 is 6.10 Å². The zero-order valence-electron chi connectivity index (χ0n) is 11.7. The molecule has 1 amide bonds. The molecule has 1 aliphatic rings. The second-order valence-corrected chi connectivity index (χ2v) is 5.14. The number of hydrogen-bond donors (Lipinski definition) is 0. The lowest BCUT2D eigenvalue weighted by Gasteiger charge is -2.33. The minimum absolute atomic E-state index is 0.00644. The maximum atomic E-state index is 12.4. The molecule has 0 saturated carbocycles. The van der Waals surface area contributed by atoms with Gasteiger partial charge >= 0.3 is 0 Å². The standard InChI is InChI=1S/C17H17NO2/c1-12-8-9-16-15(10-12)18(17(19)13(2)20-16)11-14-6-4-3-5-7-14/h3-10,13H,11H2,1-2H3/t13-/m0/s1. The van der Waals surface area contributed by atoms with Crippen molar-refractivity contribution in [1.29, 1.82) is 0 Å². The van der Waals surface area contributed by atoms with Gasteiger partial charge in [0.1, 0.15) is 5.75 Å². The van der Waals surface area contributed by atoms with Crippen molar-refractivity contribution < 1.29 is 9.53 Å². The number of ether oxygens (including phenoxy) is 1. The van der Waals surface area contributed by atoms with Crippen LogP contribution in [-0.2, 0) is 11.3 Å². The van der Waals surface area contributed by atoms with E-state index in [2.05, 4.69) is 0 Å². The van der Waals surface area contributed by atoms with Gasteiger partial charge in [0.05, 0.1) is 12.2 Å². The van der Waals surface area contributed by atoms with E-state index in [4.69, 9.17) is 4.74 Å². The molecular formula is C17H17NO2. The third-order valence-electron chi connectivity index (χ3n) is 3.51. The van der Waals surface area contributed by atoms with E-state index in [0.29, 0.717) is 6.54 Å². The van der Waals surface area contributed by atoms with E-state index in [1.165, 1.54) is 0 Å². The highest BCUT2D eigenvalue weighted by molar-refractivity contribution is 5.99. The van der Waals surface area contributed by atoms with Gasteiger partial charge in [0.2, 0.25) is 0 Å². The van der Waals surface area contributed by atoms with E-state index in [-0.39, 0.29) is 5.91 Å². The molecule has 2 aromatic rings. The van der Waals surface area contributed by atoms with Crippen molar-refractivity contribution in [2.75, 3.05) is 4.90 Å². The monoisotopic (exact) mass is 267 g/mol. The second kappa shape index (κ2) is 5.00. The first kappa shape index (κ1) is 12.7. The minimum atomic E-state index is -0.436. The average Bonchev–Trinajstić information content (AvgIpc) is 2.46. The van der Waals surface area contributed by atoms with Crippen molar-refractivity contribution in [3.8, 4) is 5.75 Å². The highest BCUT2D eigenvalue weighted by atomic mass is 16.5. The third kappa shape index (κ3) is 2.27. The molecule has 0 unspecified atom stereocenters. The SMILES string of the molecule is Cc1ccc2c(c1)N(Cc1ccccc1)C(=O)[C@H](C)O2. The zero-order valence-corrected chi connectivity index (χ0v) is 11.7. The highest BCUT2D eigenvalue weighted by Gasteiger charge is 2.31. The minimum Gasteiger partial charge on any atom is -0.479 e. The molecule has 1 aliphatic heterocycles. The molecular weight excluding hydrogens is 250 g/mol. The summed E-state index contributed by atoms with van der Waals surface area (Å²) in [6.07, 6.45) is -0.436. The van der Waals surface area contributed by atoms with Gasteiger partial charge in [0, 0.05) is 0 Å². The summed E-state index contributed by atoms with van der Waals surface area (Å²) in [4.78, 5) is 14.2. The Morgan fingerprint density at radius 3 is 2.65 bits per heavy atom. The van der Waals surface area contributed by atoms with E-state index in [9.17, 15) is 4.79 Å². The predicted octanol–water partition coefficient (Wildman–Crippen LogP) is 3.31. The van der Waals surface area contributed by atoms with Crippen LogP contribution in [0.1, 0.15) is 18.1 Å². The lowest BCUT2D eigenvalue weighted by atomic mass is 10.1. The molecule has 3 heteroatoms. The quantitative estimate of drug-likeness (QED) is 0.835. The lowest BCUT2D eigenvalue weighted by Crippen LogP contribution is -2.44. The van der Waals surface area contributed by atoms with Gasteiger partial charge in [0.25, 0.3) is 5.91 Å². The van der Waals surface area contributed by atoms with Crippen LogP contribution in [0.2, 0.25) is 0 Å². The van der Waals surface area contributed by atoms with Crippen LogP contribution in [0.3, 0.4) is 0 Å². The number of benzene rings is 2. The Bertz CT molecular complexity index is 637. The molecule has 0 spiro atoms. The van der Waals surface area contributed by atoms with Gasteiger partial charge in [-0.15, -0.1) is 0 Å². The summed E-state index contributed by atoms with van der Waals surface area (Å²) in [6, 6.07) is 16.0. The van der Waals surface area contributed by atoms with Gasteiger partial charge in [0.15, 0.2) is 6.10 Å². The third-order valence-corrected chi connectivity index (χ3v) is 3.51. The number of fused-ring (bicyclic) bond motifs is 1. The van der Waals surface area contributed by atoms with E-state index in [1.54, 1.807) is 6.92 Å². The number of carbonyl (C=O) groups excluding carboxylic acids is 1. The van der Waals surface area contributed by atoms with Gasteiger partial charge < -0.3 is 9.64 Å². The van der Waals surface area contributed by atoms with E-state index in [1.807, 2.05) is 60.4 Å². The van der Waals surface area contributed by atoms with Gasteiger partial charge in [-0.05, 0) is 37.1 Å². The average molecular weight is 267 g/mol. The van der Waals surface area contributed by atoms with Crippen LogP contribution < -0.4 is 9.64 Å². The normalized spacial score (nSPS) is 17.6. The Hall–Kier alpha value is -2.29. The van der Waals surface area contributed by atoms with Crippen molar-refractivity contribution in [3.05, 3.63) is 59.7 Å². The van der Waals surface area contributed by atoms with Crippen molar-refractivity contribution in [2.24, 2.45) is 0 Å². The van der Waals surface area contributed by atoms with Crippen LogP contribution in [0, 0.1) is 6.92 Å². The zero-order chi connectivity index (χ0) is 14.1. The molecule has 0 radical (unpaired) electrons. The molecule has 1 heterocycles. The maximum Gasteiger partial charge on any atom is 0.268 e. The van der Waals surface area contributed by atoms with Crippen molar-refractivity contribution in [2.45, 2.75) is 26.5 Å². The Morgan fingerprint density at radius 1 is 1.15 bits per heavy atom. The molecule has 0 aromatic heterocycles. The summed E-state index contributed by atoms with van der Waals surface area (Å²) in [5.74, 6) is 0.783. The smallest absolute Gasteiger partial charge is 0.268 e. The molecule has 0 bridgehead atoms. The summed E-state index contributed by atoms with van der Waals surface area (Å²) in [7, 11) is 0. The molecule has 102 valence electrons. The van der Waals surface area contributed by atoms with Crippen LogP contribution >= 0.6 is 0 Å². The van der Waals surface area contributed by atoms with Crippen LogP contribution in [0.25, 0.3) is 0 Å². The number of carbonyl (C=O) groups is 1. The molecule has 0 saturated heterocycles. The van der Waals surface area contributed by atoms with Gasteiger partial charge in [-0.3, -0.25) is 4.79 Å².